The van der Waals surface area contributed by atoms with Gasteiger partial charge in [-0.15, -0.1) is 0 Å². The van der Waals surface area contributed by atoms with Crippen molar-refractivity contribution in [1.82, 2.24) is 4.98 Å². The molecule has 4 heteroatoms. The van der Waals surface area contributed by atoms with Gasteiger partial charge in [-0.3, -0.25) is 9.78 Å². The number of rotatable bonds is 2. The molecule has 0 unspecified atom stereocenters. The van der Waals surface area contributed by atoms with Gasteiger partial charge in [0.25, 0.3) is 5.91 Å². The van der Waals surface area contributed by atoms with Gasteiger partial charge in [0.2, 0.25) is 0 Å². The van der Waals surface area contributed by atoms with E-state index in [1.807, 2.05) is 12.3 Å². The molecule has 2 heterocycles. The number of carbonyl (C=O) groups excluding carboxylic acids is 1. The van der Waals surface area contributed by atoms with Crippen LogP contribution in [0.2, 0.25) is 0 Å². The minimum absolute atomic E-state index is 0.402. The molecule has 1 aliphatic rings. The minimum atomic E-state index is -0.402. The standard InChI is InChI=1S/C11H15N3O/c1-8-10(11(12)15)6-9(7-13-8)14-4-2-3-5-14/h6-7H,2-5H2,1H3,(H2,12,15). The van der Waals surface area contributed by atoms with E-state index < -0.39 is 5.91 Å². The van der Waals surface area contributed by atoms with Gasteiger partial charge in [0.05, 0.1) is 23.1 Å². The van der Waals surface area contributed by atoms with Crippen LogP contribution < -0.4 is 10.6 Å². The second kappa shape index (κ2) is 3.88. The first-order valence-corrected chi connectivity index (χ1v) is 5.20. The number of nitrogens with zero attached hydrogens (tertiary/aromatic N) is 2. The highest BCUT2D eigenvalue weighted by atomic mass is 16.1. The summed E-state index contributed by atoms with van der Waals surface area (Å²) in [5.41, 5.74) is 7.52. The average molecular weight is 205 g/mol. The van der Waals surface area contributed by atoms with E-state index >= 15 is 0 Å². The molecule has 0 aliphatic carbocycles. The molecule has 1 aromatic rings. The largest absolute Gasteiger partial charge is 0.370 e. The van der Waals surface area contributed by atoms with Crippen molar-refractivity contribution in [1.29, 1.82) is 0 Å². The molecule has 1 aromatic heterocycles. The summed E-state index contributed by atoms with van der Waals surface area (Å²) in [5.74, 6) is -0.402. The SMILES string of the molecule is Cc1ncc(N2CCCC2)cc1C(N)=O. The zero-order chi connectivity index (χ0) is 10.8. The maximum atomic E-state index is 11.2. The van der Waals surface area contributed by atoms with Gasteiger partial charge in [0, 0.05) is 13.1 Å². The Hall–Kier alpha value is -1.58. The van der Waals surface area contributed by atoms with Crippen LogP contribution in [0.15, 0.2) is 12.3 Å². The van der Waals surface area contributed by atoms with E-state index in [2.05, 4.69) is 9.88 Å². The van der Waals surface area contributed by atoms with Gasteiger partial charge < -0.3 is 10.6 Å². The van der Waals surface area contributed by atoms with Gasteiger partial charge in [-0.05, 0) is 25.8 Å². The zero-order valence-corrected chi connectivity index (χ0v) is 8.86. The fourth-order valence-electron chi connectivity index (χ4n) is 1.92. The van der Waals surface area contributed by atoms with Crippen molar-refractivity contribution in [3.8, 4) is 0 Å². The summed E-state index contributed by atoms with van der Waals surface area (Å²) in [5, 5.41) is 0. The summed E-state index contributed by atoms with van der Waals surface area (Å²) in [6.45, 7) is 3.89. The van der Waals surface area contributed by atoms with Crippen LogP contribution in [0.1, 0.15) is 28.9 Å². The Balaban J connectivity index is 2.33. The molecule has 2 rings (SSSR count). The number of pyridine rings is 1. The van der Waals surface area contributed by atoms with Crippen molar-refractivity contribution < 1.29 is 4.79 Å². The quantitative estimate of drug-likeness (QED) is 0.786. The lowest BCUT2D eigenvalue weighted by Crippen LogP contribution is -2.20. The first-order valence-electron chi connectivity index (χ1n) is 5.20. The molecule has 0 saturated carbocycles. The first kappa shape index (κ1) is 9.96. The van der Waals surface area contributed by atoms with Crippen molar-refractivity contribution in [3.05, 3.63) is 23.5 Å². The van der Waals surface area contributed by atoms with Crippen molar-refractivity contribution in [3.63, 3.8) is 0 Å². The average Bonchev–Trinajstić information content (AvgIpc) is 2.71. The van der Waals surface area contributed by atoms with E-state index in [0.29, 0.717) is 11.3 Å². The molecule has 1 fully saturated rings. The number of primary amides is 1. The van der Waals surface area contributed by atoms with Crippen LogP contribution in [-0.2, 0) is 0 Å². The minimum Gasteiger partial charge on any atom is -0.370 e. The Morgan fingerprint density at radius 3 is 2.73 bits per heavy atom. The maximum absolute atomic E-state index is 11.2. The number of hydrogen-bond donors (Lipinski definition) is 1. The lowest BCUT2D eigenvalue weighted by Gasteiger charge is -2.17. The monoisotopic (exact) mass is 205 g/mol. The molecular weight excluding hydrogens is 190 g/mol. The lowest BCUT2D eigenvalue weighted by atomic mass is 10.2. The van der Waals surface area contributed by atoms with Crippen LogP contribution in [-0.4, -0.2) is 24.0 Å². The highest BCUT2D eigenvalue weighted by molar-refractivity contribution is 5.94. The van der Waals surface area contributed by atoms with E-state index in [0.717, 1.165) is 18.8 Å². The Kier molecular flexibility index (Phi) is 2.58. The van der Waals surface area contributed by atoms with Crippen molar-refractivity contribution in [2.24, 2.45) is 5.73 Å². The molecule has 0 aromatic carbocycles. The summed E-state index contributed by atoms with van der Waals surface area (Å²) in [6, 6.07) is 1.84. The predicted octanol–water partition coefficient (Wildman–Crippen LogP) is 1.09. The molecule has 0 atom stereocenters. The van der Waals surface area contributed by atoms with E-state index in [1.54, 1.807) is 6.92 Å². The third kappa shape index (κ3) is 1.93. The molecule has 80 valence electrons. The van der Waals surface area contributed by atoms with Crippen LogP contribution in [0.4, 0.5) is 5.69 Å². The fraction of sp³-hybridized carbons (Fsp3) is 0.455. The predicted molar refractivity (Wildman–Crippen MR) is 58.9 cm³/mol. The Morgan fingerprint density at radius 1 is 1.47 bits per heavy atom. The van der Waals surface area contributed by atoms with Gasteiger partial charge >= 0.3 is 0 Å². The molecular formula is C11H15N3O. The van der Waals surface area contributed by atoms with Crippen LogP contribution in [0.25, 0.3) is 0 Å². The summed E-state index contributed by atoms with van der Waals surface area (Å²) in [6.07, 6.45) is 4.23. The third-order valence-electron chi connectivity index (χ3n) is 2.81. The zero-order valence-electron chi connectivity index (χ0n) is 8.86. The van der Waals surface area contributed by atoms with E-state index in [4.69, 9.17) is 5.73 Å². The number of aromatic nitrogens is 1. The first-order chi connectivity index (χ1) is 7.18. The van der Waals surface area contributed by atoms with Crippen molar-refractivity contribution in [2.75, 3.05) is 18.0 Å². The second-order valence-electron chi connectivity index (χ2n) is 3.88. The highest BCUT2D eigenvalue weighted by Crippen LogP contribution is 2.21. The summed E-state index contributed by atoms with van der Waals surface area (Å²) >= 11 is 0. The molecule has 2 N–H and O–H groups in total. The van der Waals surface area contributed by atoms with Crippen molar-refractivity contribution >= 4 is 11.6 Å². The lowest BCUT2D eigenvalue weighted by molar-refractivity contribution is 0.0999. The number of aryl methyl sites for hydroxylation is 1. The molecule has 1 amide bonds. The number of carbonyl (C=O) groups is 1. The molecule has 1 saturated heterocycles. The van der Waals surface area contributed by atoms with Gasteiger partial charge in [0.15, 0.2) is 0 Å². The van der Waals surface area contributed by atoms with Gasteiger partial charge in [-0.1, -0.05) is 0 Å². The van der Waals surface area contributed by atoms with E-state index in [9.17, 15) is 4.79 Å². The van der Waals surface area contributed by atoms with Gasteiger partial charge in [-0.2, -0.15) is 0 Å². The molecule has 15 heavy (non-hydrogen) atoms. The molecule has 4 nitrogen and oxygen atoms in total. The highest BCUT2D eigenvalue weighted by Gasteiger charge is 2.15. The van der Waals surface area contributed by atoms with Gasteiger partial charge in [0.1, 0.15) is 0 Å². The van der Waals surface area contributed by atoms with E-state index in [-0.39, 0.29) is 0 Å². The number of nitrogens with two attached hydrogens (primary N) is 1. The topological polar surface area (TPSA) is 59.2 Å². The summed E-state index contributed by atoms with van der Waals surface area (Å²) in [4.78, 5) is 17.6. The molecule has 0 radical (unpaired) electrons. The normalized spacial score (nSPS) is 15.7. The maximum Gasteiger partial charge on any atom is 0.250 e. The second-order valence-corrected chi connectivity index (χ2v) is 3.88. The summed E-state index contributed by atoms with van der Waals surface area (Å²) in [7, 11) is 0. The van der Waals surface area contributed by atoms with Crippen LogP contribution in [0.3, 0.4) is 0 Å². The number of hydrogen-bond acceptors (Lipinski definition) is 3. The van der Waals surface area contributed by atoms with Crippen LogP contribution >= 0.6 is 0 Å². The van der Waals surface area contributed by atoms with Crippen LogP contribution in [0.5, 0.6) is 0 Å². The van der Waals surface area contributed by atoms with E-state index in [1.165, 1.54) is 12.8 Å². The summed E-state index contributed by atoms with van der Waals surface area (Å²) < 4.78 is 0. The molecule has 0 bridgehead atoms. The molecule has 0 spiro atoms. The van der Waals surface area contributed by atoms with Crippen molar-refractivity contribution in [2.45, 2.75) is 19.8 Å². The smallest absolute Gasteiger partial charge is 0.250 e. The Bertz CT molecular complexity index is 383. The van der Waals surface area contributed by atoms with Crippen LogP contribution in [0, 0.1) is 6.92 Å². The van der Waals surface area contributed by atoms with Gasteiger partial charge in [-0.25, -0.2) is 0 Å². The molecule has 1 aliphatic heterocycles. The fourth-order valence-corrected chi connectivity index (χ4v) is 1.92. The number of amides is 1. The Morgan fingerprint density at radius 2 is 2.13 bits per heavy atom. The third-order valence-corrected chi connectivity index (χ3v) is 2.81. The Labute approximate surface area is 89.1 Å². The number of anilines is 1.